The third-order valence-electron chi connectivity index (χ3n) is 1.15. The summed E-state index contributed by atoms with van der Waals surface area (Å²) in [6, 6.07) is 0. The summed E-state index contributed by atoms with van der Waals surface area (Å²) in [6.07, 6.45) is 1.94. The number of nitrogens with two attached hydrogens (primary N) is 2. The van der Waals surface area contributed by atoms with Crippen LogP contribution in [0.3, 0.4) is 0 Å². The van der Waals surface area contributed by atoms with Crippen LogP contribution in [-0.4, -0.2) is 26.3 Å². The normalized spacial score (nSPS) is 17.7. The Labute approximate surface area is 89.9 Å². The maximum atomic E-state index is 10.4. The summed E-state index contributed by atoms with van der Waals surface area (Å²) in [5.41, 5.74) is 9.81. The van der Waals surface area contributed by atoms with E-state index in [1.54, 1.807) is 0 Å². The van der Waals surface area contributed by atoms with Gasteiger partial charge in [-0.2, -0.15) is 0 Å². The van der Waals surface area contributed by atoms with Gasteiger partial charge in [0.1, 0.15) is 0 Å². The third-order valence-corrected chi connectivity index (χ3v) is 2.02. The van der Waals surface area contributed by atoms with Gasteiger partial charge in [0.15, 0.2) is 0 Å². The molecule has 0 aromatic rings. The van der Waals surface area contributed by atoms with Crippen molar-refractivity contribution in [1.29, 1.82) is 0 Å². The maximum Gasteiger partial charge on any atom is 0.319 e. The molecule has 4 N–H and O–H groups in total. The Bertz CT molecular complexity index is 116. The van der Waals surface area contributed by atoms with Crippen LogP contribution in [0.2, 0.25) is 0 Å². The van der Waals surface area contributed by atoms with Crippen molar-refractivity contribution in [2.24, 2.45) is 11.5 Å². The van der Waals surface area contributed by atoms with Crippen LogP contribution in [-0.2, 0) is 30.7 Å². The minimum absolute atomic E-state index is 0. The maximum absolute atomic E-state index is 10.4. The van der Waals surface area contributed by atoms with Crippen molar-refractivity contribution in [2.45, 2.75) is 12.8 Å². The van der Waals surface area contributed by atoms with Gasteiger partial charge in [0.25, 0.3) is 0 Å². The molecule has 13 heavy (non-hydrogen) atoms. The fourth-order valence-electron chi connectivity index (χ4n) is 0.557. The molecule has 1 rings (SSSR count). The topological polar surface area (TPSA) is 87.6 Å². The molecule has 85 valence electrons. The van der Waals surface area contributed by atoms with Gasteiger partial charge in [0.2, 0.25) is 0 Å². The first kappa shape index (κ1) is 16.0. The third kappa shape index (κ3) is 12.6. The quantitative estimate of drug-likeness (QED) is 0.515. The molecule has 0 amide bonds. The fraction of sp³-hybridized carbons (Fsp3) is 1.00. The first-order valence-corrected chi connectivity index (χ1v) is 5.23. The van der Waals surface area contributed by atoms with Gasteiger partial charge < -0.3 is 20.5 Å². The van der Waals surface area contributed by atoms with Crippen LogP contribution >= 0.6 is 8.25 Å². The molecule has 0 spiro atoms. The second kappa shape index (κ2) is 12.6. The van der Waals surface area contributed by atoms with E-state index in [9.17, 15) is 4.57 Å². The van der Waals surface area contributed by atoms with Crippen LogP contribution in [0.1, 0.15) is 12.8 Å². The Kier molecular flexibility index (Phi) is 15.5. The Balaban J connectivity index is 0. The van der Waals surface area contributed by atoms with E-state index in [0.717, 1.165) is 12.8 Å². The molecule has 1 heterocycles. The second-order valence-corrected chi connectivity index (χ2v) is 3.31. The predicted octanol–water partition coefficient (Wildman–Crippen LogP) is 0.104. The molecule has 1 saturated heterocycles. The zero-order chi connectivity index (χ0) is 9.23. The van der Waals surface area contributed by atoms with Gasteiger partial charge in [-0.05, 0) is 12.8 Å². The molecule has 0 aliphatic carbocycles. The van der Waals surface area contributed by atoms with Crippen LogP contribution < -0.4 is 11.5 Å². The SMILES string of the molecule is NCCN.O=[PH]1OCCCCO1.[Cu]. The predicted molar refractivity (Wildman–Crippen MR) is 48.2 cm³/mol. The monoisotopic (exact) mass is 259 g/mol. The van der Waals surface area contributed by atoms with E-state index in [1.165, 1.54) is 0 Å². The van der Waals surface area contributed by atoms with Gasteiger partial charge in [0, 0.05) is 30.2 Å². The van der Waals surface area contributed by atoms with Gasteiger partial charge >= 0.3 is 8.25 Å². The van der Waals surface area contributed by atoms with Crippen molar-refractivity contribution in [3.05, 3.63) is 0 Å². The summed E-state index contributed by atoms with van der Waals surface area (Å²) in [7, 11) is -2.08. The zero-order valence-corrected chi connectivity index (χ0v) is 9.37. The van der Waals surface area contributed by atoms with Crippen LogP contribution in [0.25, 0.3) is 0 Å². The van der Waals surface area contributed by atoms with Crippen LogP contribution in [0.5, 0.6) is 0 Å². The van der Waals surface area contributed by atoms with E-state index < -0.39 is 8.25 Å². The number of rotatable bonds is 1. The summed E-state index contributed by atoms with van der Waals surface area (Å²) in [5, 5.41) is 0. The smallest absolute Gasteiger partial charge is 0.319 e. The summed E-state index contributed by atoms with van der Waals surface area (Å²) in [6.45, 7) is 2.38. The van der Waals surface area contributed by atoms with E-state index in [4.69, 9.17) is 20.5 Å². The molecule has 0 saturated carbocycles. The van der Waals surface area contributed by atoms with Crippen LogP contribution in [0, 0.1) is 0 Å². The summed E-state index contributed by atoms with van der Waals surface area (Å²) in [5.74, 6) is 0. The van der Waals surface area contributed by atoms with Gasteiger partial charge in [-0.3, -0.25) is 4.57 Å². The first-order valence-electron chi connectivity index (χ1n) is 4.01. The van der Waals surface area contributed by atoms with Gasteiger partial charge in [-0.1, -0.05) is 0 Å². The number of hydrogen-bond donors (Lipinski definition) is 2. The summed E-state index contributed by atoms with van der Waals surface area (Å²) in [4.78, 5) is 0. The molecule has 1 aliphatic rings. The van der Waals surface area contributed by atoms with E-state index in [2.05, 4.69) is 0 Å². The fourth-order valence-corrected chi connectivity index (χ4v) is 1.26. The zero-order valence-electron chi connectivity index (χ0n) is 7.42. The molecule has 7 heteroatoms. The molecule has 0 atom stereocenters. The van der Waals surface area contributed by atoms with Gasteiger partial charge in [-0.15, -0.1) is 0 Å². The van der Waals surface area contributed by atoms with Crippen molar-refractivity contribution < 1.29 is 30.7 Å². The largest absolute Gasteiger partial charge is 0.329 e. The average Bonchev–Trinajstić information content (AvgIpc) is 2.33. The Morgan fingerprint density at radius 1 is 1.08 bits per heavy atom. The molecule has 0 aromatic heterocycles. The number of hydrogen-bond acceptors (Lipinski definition) is 5. The second-order valence-electron chi connectivity index (χ2n) is 2.23. The van der Waals surface area contributed by atoms with Gasteiger partial charge in [-0.25, -0.2) is 0 Å². The molecule has 1 aliphatic heterocycles. The molecular formula is C6H17CuN2O3P. The Hall–Kier alpha value is 0.589. The van der Waals surface area contributed by atoms with Crippen LogP contribution in [0.15, 0.2) is 0 Å². The van der Waals surface area contributed by atoms with E-state index in [0.29, 0.717) is 26.3 Å². The molecule has 5 nitrogen and oxygen atoms in total. The molecular weight excluding hydrogens is 243 g/mol. The summed E-state index contributed by atoms with van der Waals surface area (Å²) >= 11 is 0. The molecule has 0 aromatic carbocycles. The summed E-state index contributed by atoms with van der Waals surface area (Å²) < 4.78 is 19.9. The van der Waals surface area contributed by atoms with E-state index >= 15 is 0 Å². The first-order chi connectivity index (χ1) is 5.81. The Morgan fingerprint density at radius 2 is 1.46 bits per heavy atom. The van der Waals surface area contributed by atoms with E-state index in [-0.39, 0.29) is 17.1 Å². The van der Waals surface area contributed by atoms with Crippen molar-refractivity contribution >= 4 is 8.25 Å². The van der Waals surface area contributed by atoms with Crippen LogP contribution in [0.4, 0.5) is 0 Å². The van der Waals surface area contributed by atoms with Crippen molar-refractivity contribution in [3.63, 3.8) is 0 Å². The Morgan fingerprint density at radius 3 is 1.77 bits per heavy atom. The van der Waals surface area contributed by atoms with Crippen molar-refractivity contribution in [2.75, 3.05) is 26.3 Å². The van der Waals surface area contributed by atoms with E-state index in [1.807, 2.05) is 0 Å². The average molecular weight is 260 g/mol. The van der Waals surface area contributed by atoms with Gasteiger partial charge in [0.05, 0.1) is 13.2 Å². The molecule has 0 bridgehead atoms. The molecule has 1 fully saturated rings. The standard InChI is InChI=1S/C4H9O3P.C2H8N2.Cu/c5-8-6-3-1-2-4-7-8;3-1-2-4;/h8H,1-4H2;1-4H2;. The van der Waals surface area contributed by atoms with Crippen molar-refractivity contribution in [3.8, 4) is 0 Å². The molecule has 1 radical (unpaired) electrons. The molecule has 0 unspecified atom stereocenters. The van der Waals surface area contributed by atoms with Crippen molar-refractivity contribution in [1.82, 2.24) is 0 Å². The minimum atomic E-state index is -2.08. The minimum Gasteiger partial charge on any atom is -0.329 e.